The number of thiazole rings is 1. The Labute approximate surface area is 195 Å². The van der Waals surface area contributed by atoms with Crippen LogP contribution in [-0.2, 0) is 26.1 Å². The van der Waals surface area contributed by atoms with Gasteiger partial charge in [0, 0.05) is 53.8 Å². The fourth-order valence-electron chi connectivity index (χ4n) is 4.12. The molecule has 0 atom stereocenters. The van der Waals surface area contributed by atoms with Gasteiger partial charge in [0.1, 0.15) is 0 Å². The topological polar surface area (TPSA) is 71.3 Å². The molecule has 9 heteroatoms. The molecule has 2 aromatic heterocycles. The van der Waals surface area contributed by atoms with Crippen molar-refractivity contribution in [3.63, 3.8) is 0 Å². The standard InChI is InChI=1S/C23H24ClN5O2S/c1-27(11-18-13-32-14-25-18)23(31)21-19-12-28(22(30)16-4-6-17(24)7-5-16)9-8-20(19)29(26-21)10-15-2-3-15/h4-7,13-15H,2-3,8-12H2,1H3. The third kappa shape index (κ3) is 4.29. The zero-order valence-electron chi connectivity index (χ0n) is 17.8. The maximum absolute atomic E-state index is 13.3. The van der Waals surface area contributed by atoms with Gasteiger partial charge in [-0.25, -0.2) is 4.98 Å². The van der Waals surface area contributed by atoms with Crippen LogP contribution in [0.3, 0.4) is 0 Å². The minimum atomic E-state index is -0.135. The van der Waals surface area contributed by atoms with Crippen molar-refractivity contribution >= 4 is 34.8 Å². The van der Waals surface area contributed by atoms with Gasteiger partial charge in [0.05, 0.1) is 24.3 Å². The van der Waals surface area contributed by atoms with Crippen LogP contribution in [-0.4, -0.2) is 50.0 Å². The van der Waals surface area contributed by atoms with E-state index in [0.29, 0.717) is 48.3 Å². The molecule has 3 aromatic rings. The van der Waals surface area contributed by atoms with Crippen molar-refractivity contribution in [1.29, 1.82) is 0 Å². The highest BCUT2D eigenvalue weighted by atomic mass is 35.5. The van der Waals surface area contributed by atoms with Gasteiger partial charge in [-0.3, -0.25) is 14.3 Å². The lowest BCUT2D eigenvalue weighted by atomic mass is 10.0. The fourth-order valence-corrected chi connectivity index (χ4v) is 4.79. The lowest BCUT2D eigenvalue weighted by Gasteiger charge is -2.28. The third-order valence-corrected chi connectivity index (χ3v) is 6.96. The summed E-state index contributed by atoms with van der Waals surface area (Å²) in [5.41, 5.74) is 5.62. The van der Waals surface area contributed by atoms with Crippen molar-refractivity contribution in [3.8, 4) is 0 Å². The maximum atomic E-state index is 13.3. The van der Waals surface area contributed by atoms with E-state index in [1.807, 2.05) is 10.1 Å². The van der Waals surface area contributed by atoms with Gasteiger partial charge in [-0.15, -0.1) is 11.3 Å². The second kappa shape index (κ2) is 8.67. The Hall–Kier alpha value is -2.71. The number of halogens is 1. The largest absolute Gasteiger partial charge is 0.334 e. The van der Waals surface area contributed by atoms with E-state index in [1.54, 1.807) is 46.6 Å². The Bertz CT molecular complexity index is 1140. The summed E-state index contributed by atoms with van der Waals surface area (Å²) in [6, 6.07) is 6.93. The van der Waals surface area contributed by atoms with Gasteiger partial charge in [0.15, 0.2) is 5.69 Å². The molecule has 7 nitrogen and oxygen atoms in total. The minimum Gasteiger partial charge on any atom is -0.334 e. The van der Waals surface area contributed by atoms with E-state index in [2.05, 4.69) is 4.98 Å². The van der Waals surface area contributed by atoms with Crippen molar-refractivity contribution < 1.29 is 9.59 Å². The quantitative estimate of drug-likeness (QED) is 0.549. The Kier molecular flexibility index (Phi) is 5.73. The van der Waals surface area contributed by atoms with E-state index in [-0.39, 0.29) is 11.8 Å². The number of carbonyl (C=O) groups excluding carboxylic acids is 2. The smallest absolute Gasteiger partial charge is 0.274 e. The summed E-state index contributed by atoms with van der Waals surface area (Å²) in [6.45, 7) is 2.26. The molecule has 0 radical (unpaired) electrons. The first kappa shape index (κ1) is 21.2. The zero-order valence-corrected chi connectivity index (χ0v) is 19.4. The summed E-state index contributed by atoms with van der Waals surface area (Å²) in [5, 5.41) is 7.29. The molecule has 1 fully saturated rings. The van der Waals surface area contributed by atoms with Crippen molar-refractivity contribution in [3.05, 3.63) is 68.4 Å². The molecular weight excluding hydrogens is 446 g/mol. The van der Waals surface area contributed by atoms with E-state index in [0.717, 1.165) is 23.5 Å². The Morgan fingerprint density at radius 3 is 2.72 bits per heavy atom. The maximum Gasteiger partial charge on any atom is 0.274 e. The summed E-state index contributed by atoms with van der Waals surface area (Å²) in [5.74, 6) is 0.449. The monoisotopic (exact) mass is 469 g/mol. The molecular formula is C23H24ClN5O2S. The molecule has 2 aliphatic rings. The van der Waals surface area contributed by atoms with Gasteiger partial charge < -0.3 is 9.80 Å². The van der Waals surface area contributed by atoms with E-state index < -0.39 is 0 Å². The van der Waals surface area contributed by atoms with Crippen LogP contribution in [0.4, 0.5) is 0 Å². The summed E-state index contributed by atoms with van der Waals surface area (Å²) in [6.07, 6.45) is 3.11. The van der Waals surface area contributed by atoms with Crippen molar-refractivity contribution in [2.24, 2.45) is 5.92 Å². The number of amides is 2. The number of benzene rings is 1. The highest BCUT2D eigenvalue weighted by Gasteiger charge is 2.33. The van der Waals surface area contributed by atoms with Crippen LogP contribution in [0, 0.1) is 5.92 Å². The average Bonchev–Trinajstić information content (AvgIpc) is 3.33. The van der Waals surface area contributed by atoms with Crippen LogP contribution >= 0.6 is 22.9 Å². The molecule has 0 unspecified atom stereocenters. The first-order valence-electron chi connectivity index (χ1n) is 10.8. The highest BCUT2D eigenvalue weighted by molar-refractivity contribution is 7.07. The fraction of sp³-hybridized carbons (Fsp3) is 0.391. The second-order valence-electron chi connectivity index (χ2n) is 8.52. The second-order valence-corrected chi connectivity index (χ2v) is 9.68. The van der Waals surface area contributed by atoms with Crippen LogP contribution in [0.2, 0.25) is 5.02 Å². The first-order chi connectivity index (χ1) is 15.5. The molecule has 3 heterocycles. The number of hydrogen-bond donors (Lipinski definition) is 0. The van der Waals surface area contributed by atoms with E-state index in [4.69, 9.17) is 16.7 Å². The van der Waals surface area contributed by atoms with Gasteiger partial charge in [0.2, 0.25) is 0 Å². The van der Waals surface area contributed by atoms with Crippen LogP contribution in [0.1, 0.15) is 50.6 Å². The van der Waals surface area contributed by atoms with Gasteiger partial charge in [-0.1, -0.05) is 11.6 Å². The molecule has 1 aromatic carbocycles. The molecule has 0 N–H and O–H groups in total. The van der Waals surface area contributed by atoms with Crippen molar-refractivity contribution in [1.82, 2.24) is 24.6 Å². The van der Waals surface area contributed by atoms with Crippen LogP contribution in [0.25, 0.3) is 0 Å². The highest BCUT2D eigenvalue weighted by Crippen LogP contribution is 2.33. The summed E-state index contributed by atoms with van der Waals surface area (Å²) < 4.78 is 2.01. The molecule has 32 heavy (non-hydrogen) atoms. The molecule has 0 bridgehead atoms. The molecule has 0 spiro atoms. The molecule has 1 aliphatic heterocycles. The van der Waals surface area contributed by atoms with Gasteiger partial charge >= 0.3 is 0 Å². The van der Waals surface area contributed by atoms with Gasteiger partial charge in [-0.2, -0.15) is 5.10 Å². The van der Waals surface area contributed by atoms with E-state index >= 15 is 0 Å². The minimum absolute atomic E-state index is 0.0588. The molecule has 0 saturated heterocycles. The predicted octanol–water partition coefficient (Wildman–Crippen LogP) is 3.87. The SMILES string of the molecule is CN(Cc1cscn1)C(=O)c1nn(CC2CC2)c2c1CN(C(=O)c1ccc(Cl)cc1)CC2. The van der Waals surface area contributed by atoms with Crippen LogP contribution in [0.15, 0.2) is 35.2 Å². The molecule has 1 saturated carbocycles. The molecule has 1 aliphatic carbocycles. The number of carbonyl (C=O) groups is 2. The first-order valence-corrected chi connectivity index (χ1v) is 12.1. The van der Waals surface area contributed by atoms with Crippen molar-refractivity contribution in [2.45, 2.75) is 38.9 Å². The summed E-state index contributed by atoms with van der Waals surface area (Å²) in [7, 11) is 1.77. The number of nitrogens with zero attached hydrogens (tertiary/aromatic N) is 5. The number of rotatable bonds is 6. The lowest BCUT2D eigenvalue weighted by Crippen LogP contribution is -2.37. The lowest BCUT2D eigenvalue weighted by molar-refractivity contribution is 0.0721. The number of hydrogen-bond acceptors (Lipinski definition) is 5. The Morgan fingerprint density at radius 1 is 1.25 bits per heavy atom. The molecule has 5 rings (SSSR count). The molecule has 2 amide bonds. The zero-order chi connectivity index (χ0) is 22.2. The summed E-state index contributed by atoms with van der Waals surface area (Å²) in [4.78, 5) is 34.2. The summed E-state index contributed by atoms with van der Waals surface area (Å²) >= 11 is 7.48. The third-order valence-electron chi connectivity index (χ3n) is 6.07. The van der Waals surface area contributed by atoms with E-state index in [9.17, 15) is 9.59 Å². The predicted molar refractivity (Wildman–Crippen MR) is 123 cm³/mol. The number of fused-ring (bicyclic) bond motifs is 1. The van der Waals surface area contributed by atoms with E-state index in [1.165, 1.54) is 24.2 Å². The normalized spacial score (nSPS) is 15.5. The Balaban J connectivity index is 1.42. The Morgan fingerprint density at radius 2 is 2.03 bits per heavy atom. The van der Waals surface area contributed by atoms with Crippen molar-refractivity contribution in [2.75, 3.05) is 13.6 Å². The van der Waals surface area contributed by atoms with Crippen LogP contribution in [0.5, 0.6) is 0 Å². The molecule has 166 valence electrons. The van der Waals surface area contributed by atoms with Gasteiger partial charge in [0.25, 0.3) is 11.8 Å². The number of aromatic nitrogens is 3. The van der Waals surface area contributed by atoms with Gasteiger partial charge in [-0.05, 0) is 43.0 Å². The van der Waals surface area contributed by atoms with Crippen LogP contribution < -0.4 is 0 Å². The average molecular weight is 470 g/mol.